The topological polar surface area (TPSA) is 83.1 Å². The van der Waals surface area contributed by atoms with Gasteiger partial charge in [-0.15, -0.1) is 11.3 Å². The van der Waals surface area contributed by atoms with E-state index in [2.05, 4.69) is 20.9 Å². The van der Waals surface area contributed by atoms with Gasteiger partial charge in [0.25, 0.3) is 0 Å². The number of halogens is 1. The molecule has 144 valence electrons. The zero-order valence-electron chi connectivity index (χ0n) is 15.2. The number of anilines is 1. The number of aromatic nitrogens is 1. The van der Waals surface area contributed by atoms with E-state index in [1.54, 1.807) is 35.6 Å². The Morgan fingerprint density at radius 2 is 1.75 bits per heavy atom. The molecule has 0 atom stereocenters. The molecular formula is C20H19FN4O2S. The van der Waals surface area contributed by atoms with Crippen molar-refractivity contribution in [2.24, 2.45) is 0 Å². The highest BCUT2D eigenvalue weighted by Crippen LogP contribution is 2.23. The number of carbonyl (C=O) groups is 2. The van der Waals surface area contributed by atoms with Crippen molar-refractivity contribution in [2.75, 3.05) is 11.9 Å². The van der Waals surface area contributed by atoms with Crippen molar-refractivity contribution in [3.05, 3.63) is 70.3 Å². The largest absolute Gasteiger partial charge is 0.334 e. The minimum Gasteiger partial charge on any atom is -0.334 e. The molecule has 2 aromatic carbocycles. The summed E-state index contributed by atoms with van der Waals surface area (Å²) in [5, 5.41) is 10.8. The monoisotopic (exact) mass is 398 g/mol. The van der Waals surface area contributed by atoms with Crippen molar-refractivity contribution < 1.29 is 14.0 Å². The van der Waals surface area contributed by atoms with Crippen molar-refractivity contribution in [3.8, 4) is 11.3 Å². The number of amides is 3. The number of hydrogen-bond donors (Lipinski definition) is 3. The molecule has 3 aromatic rings. The average molecular weight is 398 g/mol. The Balaban J connectivity index is 1.42. The van der Waals surface area contributed by atoms with Crippen molar-refractivity contribution in [3.63, 3.8) is 0 Å². The molecule has 0 spiro atoms. The quantitative estimate of drug-likeness (QED) is 0.592. The fraction of sp³-hybridized carbons (Fsp3) is 0.150. The summed E-state index contributed by atoms with van der Waals surface area (Å²) in [6.07, 6.45) is 0. The SMILES string of the molecule is Cc1nc(-c2ccc(NC(=O)CNC(=O)NCc3ccc(F)cc3)cc2)cs1. The molecule has 28 heavy (non-hydrogen) atoms. The third kappa shape index (κ3) is 5.62. The maximum Gasteiger partial charge on any atom is 0.315 e. The molecule has 1 aromatic heterocycles. The van der Waals surface area contributed by atoms with E-state index in [1.807, 2.05) is 24.4 Å². The molecule has 0 aliphatic rings. The van der Waals surface area contributed by atoms with Crippen LogP contribution < -0.4 is 16.0 Å². The second-order valence-corrected chi connectivity index (χ2v) is 7.10. The first-order valence-corrected chi connectivity index (χ1v) is 9.46. The molecular weight excluding hydrogens is 379 g/mol. The molecule has 3 amide bonds. The number of rotatable bonds is 6. The molecule has 0 fully saturated rings. The molecule has 0 saturated heterocycles. The van der Waals surface area contributed by atoms with Gasteiger partial charge >= 0.3 is 6.03 Å². The number of aryl methyl sites for hydroxylation is 1. The summed E-state index contributed by atoms with van der Waals surface area (Å²) < 4.78 is 12.8. The van der Waals surface area contributed by atoms with Gasteiger partial charge in [-0.05, 0) is 36.8 Å². The number of benzene rings is 2. The molecule has 3 N–H and O–H groups in total. The fourth-order valence-electron chi connectivity index (χ4n) is 2.43. The van der Waals surface area contributed by atoms with Crippen LogP contribution in [0.2, 0.25) is 0 Å². The first-order chi connectivity index (χ1) is 13.5. The third-order valence-electron chi connectivity index (χ3n) is 3.86. The van der Waals surface area contributed by atoms with Crippen molar-refractivity contribution >= 4 is 29.0 Å². The molecule has 0 radical (unpaired) electrons. The number of nitrogens with zero attached hydrogens (tertiary/aromatic N) is 1. The van der Waals surface area contributed by atoms with E-state index in [0.717, 1.165) is 21.8 Å². The molecule has 0 aliphatic carbocycles. The van der Waals surface area contributed by atoms with Crippen molar-refractivity contribution in [1.29, 1.82) is 0 Å². The average Bonchev–Trinajstić information content (AvgIpc) is 3.13. The number of hydrogen-bond acceptors (Lipinski definition) is 4. The number of urea groups is 1. The standard InChI is InChI=1S/C20H19FN4O2S/c1-13-24-18(12-28-13)15-4-8-17(9-5-15)25-19(26)11-23-20(27)22-10-14-2-6-16(21)7-3-14/h2-9,12H,10-11H2,1H3,(H,25,26)(H2,22,23,27). The molecule has 0 aliphatic heterocycles. The Morgan fingerprint density at radius 1 is 1.04 bits per heavy atom. The summed E-state index contributed by atoms with van der Waals surface area (Å²) in [5.74, 6) is -0.672. The van der Waals surface area contributed by atoms with E-state index in [9.17, 15) is 14.0 Å². The van der Waals surface area contributed by atoms with Crippen molar-refractivity contribution in [2.45, 2.75) is 13.5 Å². The van der Waals surface area contributed by atoms with Gasteiger partial charge in [-0.1, -0.05) is 24.3 Å². The normalized spacial score (nSPS) is 10.4. The third-order valence-corrected chi connectivity index (χ3v) is 4.63. The van der Waals surface area contributed by atoms with Crippen LogP contribution >= 0.6 is 11.3 Å². The molecule has 0 saturated carbocycles. The van der Waals surface area contributed by atoms with E-state index < -0.39 is 6.03 Å². The van der Waals surface area contributed by atoms with Crippen LogP contribution in [0.25, 0.3) is 11.3 Å². The summed E-state index contributed by atoms with van der Waals surface area (Å²) in [6, 6.07) is 12.7. The Kier molecular flexibility index (Phi) is 6.33. The van der Waals surface area contributed by atoms with Gasteiger partial charge in [-0.25, -0.2) is 14.2 Å². The summed E-state index contributed by atoms with van der Waals surface area (Å²) in [4.78, 5) is 28.2. The van der Waals surface area contributed by atoms with E-state index in [4.69, 9.17) is 0 Å². The summed E-state index contributed by atoms with van der Waals surface area (Å²) >= 11 is 1.58. The van der Waals surface area contributed by atoms with Gasteiger partial charge in [0.1, 0.15) is 5.82 Å². The zero-order chi connectivity index (χ0) is 19.9. The lowest BCUT2D eigenvalue weighted by atomic mass is 10.1. The molecule has 1 heterocycles. The molecule has 6 nitrogen and oxygen atoms in total. The lowest BCUT2D eigenvalue weighted by Gasteiger charge is -2.09. The molecule has 3 rings (SSSR count). The van der Waals surface area contributed by atoms with Crippen LogP contribution in [0.3, 0.4) is 0 Å². The Hall–Kier alpha value is -3.26. The van der Waals surface area contributed by atoms with Crippen LogP contribution in [0.4, 0.5) is 14.9 Å². The van der Waals surface area contributed by atoms with Crippen LogP contribution in [0, 0.1) is 12.7 Å². The zero-order valence-corrected chi connectivity index (χ0v) is 16.0. The summed E-state index contributed by atoms with van der Waals surface area (Å²) in [5.41, 5.74) is 3.27. The second kappa shape index (κ2) is 9.09. The highest BCUT2D eigenvalue weighted by atomic mass is 32.1. The Morgan fingerprint density at radius 3 is 2.39 bits per heavy atom. The molecule has 8 heteroatoms. The number of thiazole rings is 1. The first kappa shape index (κ1) is 19.5. The van der Waals surface area contributed by atoms with Gasteiger partial charge in [0.05, 0.1) is 17.2 Å². The molecule has 0 bridgehead atoms. The highest BCUT2D eigenvalue weighted by Gasteiger charge is 2.07. The van der Waals surface area contributed by atoms with Crippen LogP contribution in [0.15, 0.2) is 53.9 Å². The number of nitrogens with one attached hydrogen (secondary N) is 3. The van der Waals surface area contributed by atoms with Crippen LogP contribution in [0.5, 0.6) is 0 Å². The Bertz CT molecular complexity index is 955. The maximum atomic E-state index is 12.8. The molecule has 0 unspecified atom stereocenters. The van der Waals surface area contributed by atoms with E-state index in [0.29, 0.717) is 5.69 Å². The van der Waals surface area contributed by atoms with Crippen LogP contribution in [0.1, 0.15) is 10.6 Å². The lowest BCUT2D eigenvalue weighted by Crippen LogP contribution is -2.39. The van der Waals surface area contributed by atoms with E-state index in [-0.39, 0.29) is 24.8 Å². The van der Waals surface area contributed by atoms with Gasteiger partial charge in [0.15, 0.2) is 0 Å². The van der Waals surface area contributed by atoms with Gasteiger partial charge in [-0.2, -0.15) is 0 Å². The second-order valence-electron chi connectivity index (χ2n) is 6.04. The smallest absolute Gasteiger partial charge is 0.315 e. The lowest BCUT2D eigenvalue weighted by molar-refractivity contribution is -0.115. The predicted octanol–water partition coefficient (Wildman–Crippen LogP) is 3.70. The van der Waals surface area contributed by atoms with E-state index >= 15 is 0 Å². The van der Waals surface area contributed by atoms with Crippen molar-refractivity contribution in [1.82, 2.24) is 15.6 Å². The van der Waals surface area contributed by atoms with Gasteiger partial charge in [-0.3, -0.25) is 4.79 Å². The minimum atomic E-state index is -0.478. The Labute approximate surface area is 165 Å². The minimum absolute atomic E-state index is 0.164. The fourth-order valence-corrected chi connectivity index (χ4v) is 3.06. The summed E-state index contributed by atoms with van der Waals surface area (Å²) in [6.45, 7) is 2.03. The number of carbonyl (C=O) groups excluding carboxylic acids is 2. The maximum absolute atomic E-state index is 12.8. The van der Waals surface area contributed by atoms with Gasteiger partial charge < -0.3 is 16.0 Å². The van der Waals surface area contributed by atoms with E-state index in [1.165, 1.54) is 12.1 Å². The summed E-state index contributed by atoms with van der Waals surface area (Å²) in [7, 11) is 0. The first-order valence-electron chi connectivity index (χ1n) is 8.58. The van der Waals surface area contributed by atoms with Gasteiger partial charge in [0.2, 0.25) is 5.91 Å². The predicted molar refractivity (Wildman–Crippen MR) is 108 cm³/mol. The van der Waals surface area contributed by atoms with Crippen LogP contribution in [-0.2, 0) is 11.3 Å². The highest BCUT2D eigenvalue weighted by molar-refractivity contribution is 7.09. The van der Waals surface area contributed by atoms with Gasteiger partial charge in [0, 0.05) is 23.2 Å². The van der Waals surface area contributed by atoms with Crippen LogP contribution in [-0.4, -0.2) is 23.5 Å².